The summed E-state index contributed by atoms with van der Waals surface area (Å²) in [5.41, 5.74) is 1.30. The van der Waals surface area contributed by atoms with Gasteiger partial charge in [-0.3, -0.25) is 9.80 Å². The van der Waals surface area contributed by atoms with Crippen molar-refractivity contribution in [3.05, 3.63) is 29.8 Å². The Kier molecular flexibility index (Phi) is 5.57. The highest BCUT2D eigenvalue weighted by Crippen LogP contribution is 2.25. The van der Waals surface area contributed by atoms with Crippen molar-refractivity contribution in [3.63, 3.8) is 0 Å². The summed E-state index contributed by atoms with van der Waals surface area (Å²) in [5, 5.41) is 9.38. The van der Waals surface area contributed by atoms with E-state index in [-0.39, 0.29) is 0 Å². The Morgan fingerprint density at radius 3 is 2.22 bits per heavy atom. The number of piperazine rings is 1. The Bertz CT molecular complexity index is 474. The molecule has 3 rings (SSSR count). The first-order valence-corrected chi connectivity index (χ1v) is 9.04. The van der Waals surface area contributed by atoms with Crippen LogP contribution in [0.3, 0.4) is 0 Å². The number of benzene rings is 1. The molecule has 1 N–H and O–H groups in total. The second-order valence-corrected chi connectivity index (χ2v) is 7.36. The minimum absolute atomic E-state index is 0.355. The highest BCUT2D eigenvalue weighted by atomic mass is 16.3. The second kappa shape index (κ2) is 7.65. The first-order chi connectivity index (χ1) is 11.1. The molecule has 2 heterocycles. The van der Waals surface area contributed by atoms with Crippen LogP contribution in [0.1, 0.15) is 25.3 Å². The number of likely N-dealkylation sites (tertiary alicyclic amines) is 1. The van der Waals surface area contributed by atoms with Crippen LogP contribution in [0, 0.1) is 5.92 Å². The van der Waals surface area contributed by atoms with E-state index in [1.807, 2.05) is 12.1 Å². The Morgan fingerprint density at radius 2 is 1.61 bits per heavy atom. The molecule has 128 valence electrons. The number of piperidine rings is 1. The van der Waals surface area contributed by atoms with E-state index in [2.05, 4.69) is 28.7 Å². The quantitative estimate of drug-likeness (QED) is 0.922. The zero-order valence-electron chi connectivity index (χ0n) is 14.6. The molecule has 0 radical (unpaired) electrons. The summed E-state index contributed by atoms with van der Waals surface area (Å²) in [5.74, 6) is 1.20. The second-order valence-electron chi connectivity index (χ2n) is 7.36. The van der Waals surface area contributed by atoms with Gasteiger partial charge in [0.1, 0.15) is 5.75 Å². The van der Waals surface area contributed by atoms with Crippen LogP contribution in [0.25, 0.3) is 0 Å². The zero-order valence-corrected chi connectivity index (χ0v) is 14.6. The molecular weight excluding hydrogens is 286 g/mol. The molecular formula is C19H31N3O. The van der Waals surface area contributed by atoms with E-state index in [1.54, 1.807) is 12.1 Å². The fraction of sp³-hybridized carbons (Fsp3) is 0.684. The number of phenols is 1. The van der Waals surface area contributed by atoms with E-state index in [9.17, 15) is 5.11 Å². The van der Waals surface area contributed by atoms with Crippen LogP contribution in [0.2, 0.25) is 0 Å². The maximum Gasteiger partial charge on any atom is 0.115 e. The van der Waals surface area contributed by atoms with E-state index in [1.165, 1.54) is 57.7 Å². The van der Waals surface area contributed by atoms with Crippen molar-refractivity contribution in [2.24, 2.45) is 5.92 Å². The van der Waals surface area contributed by atoms with Gasteiger partial charge in [0, 0.05) is 38.8 Å². The van der Waals surface area contributed by atoms with Gasteiger partial charge in [0.25, 0.3) is 0 Å². The van der Waals surface area contributed by atoms with Gasteiger partial charge in [-0.1, -0.05) is 12.1 Å². The van der Waals surface area contributed by atoms with Crippen molar-refractivity contribution in [2.45, 2.75) is 32.4 Å². The van der Waals surface area contributed by atoms with Crippen molar-refractivity contribution in [3.8, 4) is 5.75 Å². The van der Waals surface area contributed by atoms with Crippen LogP contribution in [0.15, 0.2) is 24.3 Å². The fourth-order valence-electron chi connectivity index (χ4n) is 3.98. The number of aromatic hydroxyl groups is 1. The Hall–Kier alpha value is -1.10. The van der Waals surface area contributed by atoms with Crippen LogP contribution < -0.4 is 0 Å². The molecule has 4 heteroatoms. The smallest absolute Gasteiger partial charge is 0.115 e. The topological polar surface area (TPSA) is 30.0 Å². The summed E-state index contributed by atoms with van der Waals surface area (Å²) >= 11 is 0. The summed E-state index contributed by atoms with van der Waals surface area (Å²) in [6, 6.07) is 8.37. The summed E-state index contributed by atoms with van der Waals surface area (Å²) < 4.78 is 0. The third-order valence-corrected chi connectivity index (χ3v) is 5.77. The Morgan fingerprint density at radius 1 is 1.00 bits per heavy atom. The van der Waals surface area contributed by atoms with Crippen LogP contribution in [0.5, 0.6) is 5.75 Å². The summed E-state index contributed by atoms with van der Waals surface area (Å²) in [7, 11) is 2.23. The minimum atomic E-state index is 0.355. The number of hydrogen-bond acceptors (Lipinski definition) is 4. The van der Waals surface area contributed by atoms with Crippen molar-refractivity contribution < 1.29 is 5.11 Å². The molecule has 0 bridgehead atoms. The van der Waals surface area contributed by atoms with Crippen LogP contribution in [0.4, 0.5) is 0 Å². The number of rotatable bonds is 4. The molecule has 2 aliphatic heterocycles. The van der Waals surface area contributed by atoms with Gasteiger partial charge in [-0.05, 0) is 63.5 Å². The summed E-state index contributed by atoms with van der Waals surface area (Å²) in [6.07, 6.45) is 2.62. The Labute approximate surface area is 140 Å². The van der Waals surface area contributed by atoms with Crippen molar-refractivity contribution >= 4 is 0 Å². The molecule has 1 aromatic rings. The van der Waals surface area contributed by atoms with Crippen LogP contribution in [-0.2, 0) is 6.54 Å². The predicted molar refractivity (Wildman–Crippen MR) is 94.6 cm³/mol. The van der Waals surface area contributed by atoms with Crippen LogP contribution >= 0.6 is 0 Å². The van der Waals surface area contributed by atoms with Crippen molar-refractivity contribution in [2.75, 3.05) is 46.3 Å². The van der Waals surface area contributed by atoms with Crippen molar-refractivity contribution in [1.29, 1.82) is 0 Å². The van der Waals surface area contributed by atoms with Gasteiger partial charge in [0.2, 0.25) is 0 Å². The number of likely N-dealkylation sites (N-methyl/N-ethyl adjacent to an activating group) is 1. The van der Waals surface area contributed by atoms with Crippen LogP contribution in [-0.4, -0.2) is 72.2 Å². The van der Waals surface area contributed by atoms with Gasteiger partial charge in [0.15, 0.2) is 0 Å². The lowest BCUT2D eigenvalue weighted by Crippen LogP contribution is -2.51. The largest absolute Gasteiger partial charge is 0.508 e. The van der Waals surface area contributed by atoms with E-state index >= 15 is 0 Å². The van der Waals surface area contributed by atoms with Gasteiger partial charge < -0.3 is 10.0 Å². The molecule has 0 unspecified atom stereocenters. The minimum Gasteiger partial charge on any atom is -0.508 e. The number of nitrogens with zero attached hydrogens (tertiary/aromatic N) is 3. The molecule has 0 aliphatic carbocycles. The molecule has 1 atom stereocenters. The SMILES string of the molecule is C[C@@H](C1CCN(Cc2ccc(O)cc2)CC1)N1CCN(C)CC1. The van der Waals surface area contributed by atoms with Gasteiger partial charge in [0.05, 0.1) is 0 Å². The molecule has 23 heavy (non-hydrogen) atoms. The Balaban J connectivity index is 1.45. The van der Waals surface area contributed by atoms with E-state index in [0.717, 1.165) is 18.5 Å². The lowest BCUT2D eigenvalue weighted by molar-refractivity contribution is 0.0598. The van der Waals surface area contributed by atoms with Gasteiger partial charge in [-0.15, -0.1) is 0 Å². The van der Waals surface area contributed by atoms with E-state index in [0.29, 0.717) is 5.75 Å². The zero-order chi connectivity index (χ0) is 16.2. The predicted octanol–water partition coefficient (Wildman–Crippen LogP) is 2.24. The first-order valence-electron chi connectivity index (χ1n) is 9.04. The molecule has 2 fully saturated rings. The fourth-order valence-corrected chi connectivity index (χ4v) is 3.98. The molecule has 0 amide bonds. The highest BCUT2D eigenvalue weighted by Gasteiger charge is 2.29. The van der Waals surface area contributed by atoms with Gasteiger partial charge in [-0.25, -0.2) is 0 Å². The molecule has 0 saturated carbocycles. The highest BCUT2D eigenvalue weighted by molar-refractivity contribution is 5.25. The molecule has 1 aromatic carbocycles. The van der Waals surface area contributed by atoms with Gasteiger partial charge in [-0.2, -0.15) is 0 Å². The molecule has 4 nitrogen and oxygen atoms in total. The summed E-state index contributed by atoms with van der Waals surface area (Å²) in [4.78, 5) is 7.68. The normalized spacial score (nSPS) is 23.9. The molecule has 2 aliphatic rings. The van der Waals surface area contributed by atoms with E-state index < -0.39 is 0 Å². The molecule has 2 saturated heterocycles. The average Bonchev–Trinajstić information content (AvgIpc) is 2.58. The third-order valence-electron chi connectivity index (χ3n) is 5.77. The summed E-state index contributed by atoms with van der Waals surface area (Å²) in [6.45, 7) is 10.7. The molecule has 0 aromatic heterocycles. The maximum atomic E-state index is 9.38. The van der Waals surface area contributed by atoms with E-state index in [4.69, 9.17) is 0 Å². The number of phenolic OH excluding ortho intramolecular Hbond substituents is 1. The lowest BCUT2D eigenvalue weighted by atomic mass is 9.89. The molecule has 0 spiro atoms. The maximum absolute atomic E-state index is 9.38. The average molecular weight is 317 g/mol. The monoisotopic (exact) mass is 317 g/mol. The van der Waals surface area contributed by atoms with Gasteiger partial charge >= 0.3 is 0 Å². The lowest BCUT2D eigenvalue weighted by Gasteiger charge is -2.42. The van der Waals surface area contributed by atoms with Crippen molar-refractivity contribution in [1.82, 2.24) is 14.7 Å². The third kappa shape index (κ3) is 4.46. The number of hydrogen-bond donors (Lipinski definition) is 1. The standard InChI is InChI=1S/C19H31N3O/c1-16(22-13-11-20(2)12-14-22)18-7-9-21(10-8-18)15-17-3-5-19(23)6-4-17/h3-6,16,18,23H,7-15H2,1-2H3/t16-/m0/s1. The first kappa shape index (κ1) is 16.7.